The van der Waals surface area contributed by atoms with E-state index < -0.39 is 237 Å². The summed E-state index contributed by atoms with van der Waals surface area (Å²) in [7, 11) is 0. The van der Waals surface area contributed by atoms with E-state index in [0.717, 1.165) is 6.42 Å². The molecule has 48 heteroatoms. The third-order valence-electron chi connectivity index (χ3n) is 19.1. The summed E-state index contributed by atoms with van der Waals surface area (Å²) in [5, 5.41) is 80.7. The van der Waals surface area contributed by atoms with Crippen LogP contribution in [0.4, 0.5) is 0 Å². The Labute approximate surface area is 687 Å². The van der Waals surface area contributed by atoms with Gasteiger partial charge in [-0.15, -0.1) is 0 Å². The molecule has 0 aliphatic carbocycles. The zero-order valence-corrected chi connectivity index (χ0v) is 67.2. The quantitative estimate of drug-likeness (QED) is 0.0216. The van der Waals surface area contributed by atoms with Crippen LogP contribution in [0, 0.1) is 0 Å². The van der Waals surface area contributed by atoms with Crippen LogP contribution in [0.2, 0.25) is 0 Å². The number of unbranched alkanes of at least 4 members (excludes halogenated alkanes) is 3. The molecule has 670 valence electrons. The number of carboxylic acid groups (broad SMARTS) is 2. The summed E-state index contributed by atoms with van der Waals surface area (Å²) in [6.45, 7) is 0.259. The van der Waals surface area contributed by atoms with Gasteiger partial charge in [-0.05, 0) is 134 Å². The predicted molar refractivity (Wildman–Crippen MR) is 424 cm³/mol. The summed E-state index contributed by atoms with van der Waals surface area (Å²) in [5.74, 6) is -17.7. The summed E-state index contributed by atoms with van der Waals surface area (Å²) in [6, 6.07) is -13.6. The number of nitrogens with two attached hydrogens (primary N) is 9. The van der Waals surface area contributed by atoms with Gasteiger partial charge in [0.2, 0.25) is 76.8 Å². The van der Waals surface area contributed by atoms with E-state index in [-0.39, 0.29) is 83.8 Å². The Morgan fingerprint density at radius 3 is 1.10 bits per heavy atom. The van der Waals surface area contributed by atoms with Gasteiger partial charge in [-0.25, -0.2) is 4.79 Å². The number of carbonyl (C=O) groups is 16. The summed E-state index contributed by atoms with van der Waals surface area (Å²) in [6.07, 6.45) is -1.96. The van der Waals surface area contributed by atoms with Crippen molar-refractivity contribution in [1.29, 1.82) is 0 Å². The summed E-state index contributed by atoms with van der Waals surface area (Å²) < 4.78 is 0. The number of aromatic amines is 1. The van der Waals surface area contributed by atoms with Crippen LogP contribution in [-0.4, -0.2) is 276 Å². The molecule has 1 aliphatic heterocycles. The first-order valence-corrected chi connectivity index (χ1v) is 39.9. The predicted octanol–water partition coefficient (Wildman–Crippen LogP) is -16.1. The number of aromatic nitrogens is 1. The van der Waals surface area contributed by atoms with E-state index in [2.05, 4.69) is 96.6 Å². The van der Waals surface area contributed by atoms with E-state index in [0.29, 0.717) is 81.2 Å². The molecule has 1 saturated heterocycles. The molecule has 2 aromatic rings. The molecule has 0 unspecified atom stereocenters. The zero-order valence-electron chi connectivity index (χ0n) is 67.2. The highest BCUT2D eigenvalue weighted by Crippen LogP contribution is 2.20. The molecule has 1 fully saturated rings. The molecule has 1 aromatic heterocycles. The number of benzene rings is 1. The van der Waals surface area contributed by atoms with Gasteiger partial charge in [-0.3, -0.25) is 87.9 Å². The Kier molecular flexibility index (Phi) is 48.6. The number of hydrogen-bond acceptors (Lipinski definition) is 27. The van der Waals surface area contributed by atoms with Crippen molar-refractivity contribution in [2.45, 2.75) is 239 Å². The standard InChI is InChI=1S/C71H126N28O20/c72-24-6-3-15-41(88-59(109)43(17-5-8-26-74)92-66(116)51(35-100)98-56(106)40-18-9-27-83-40)57(107)90-44(19-10-28-84-69(77)78)60(110)89-42(16-4-7-25-73)58(108)91-46(21-12-30-86-71(81)82)62(112)99-52(36-101)67(117)93-45(20-11-29-85-70(79)80)61(111)95-48(31-37-34-87-39-14-2-1-13-38(37)39)64(114)96-49(32-54(76)103)65(115)94-47(22-23-53(75)102)63(113)97-50(68(118)119)33-55(104)105/h1-2,13-14,34,40-52,69-71,83-87,100-101H,3-12,15-33,35-36,72-74,77-82H2,(H2,75,102)(H2,76,103)(H,88,109)(H,89,110)(H,90,107)(H,91,108)(H,92,116)(H,93,117)(H,94,115)(H,95,111)(H,96,114)(H,97,113)(H,98,106)(H,99,112)(H,104,105)(H,118,119)/p+4/t40-,41-,42-,43-,44-,45-,46-,47-,48-,49-,50-,51-,52-/m0/s1. The van der Waals surface area contributed by atoms with Gasteiger partial charge in [0.05, 0.1) is 52.2 Å². The smallest absolute Gasteiger partial charge is 0.326 e. The van der Waals surface area contributed by atoms with Crippen molar-refractivity contribution in [2.24, 2.45) is 45.9 Å². The molecular weight excluding hydrogens is 1560 g/mol. The van der Waals surface area contributed by atoms with Crippen LogP contribution in [0.1, 0.15) is 140 Å². The number of quaternary nitrogens is 4. The number of para-hydroxylation sites is 1. The fourth-order valence-electron chi connectivity index (χ4n) is 12.7. The molecular formula is C71H130N28O20+4. The monoisotopic (exact) mass is 1690 g/mol. The highest BCUT2D eigenvalue weighted by Gasteiger charge is 2.39. The summed E-state index contributed by atoms with van der Waals surface area (Å²) in [5.41, 5.74) is 57.9. The molecule has 14 amide bonds. The molecule has 3 rings (SSSR count). The molecule has 119 heavy (non-hydrogen) atoms. The number of carbonyl (C=O) groups excluding carboxylic acids is 14. The van der Waals surface area contributed by atoms with E-state index in [1.54, 1.807) is 24.3 Å². The molecule has 0 saturated carbocycles. The molecule has 0 spiro atoms. The number of hydrogen-bond donors (Lipinski definition) is 32. The number of fused-ring (bicyclic) bond motifs is 1. The molecule has 1 aromatic carbocycles. The second-order valence-electron chi connectivity index (χ2n) is 29.0. The lowest BCUT2D eigenvalue weighted by atomic mass is 10.0. The Morgan fingerprint density at radius 1 is 0.412 bits per heavy atom. The van der Waals surface area contributed by atoms with Gasteiger partial charge in [0.25, 0.3) is 5.91 Å². The second-order valence-corrected chi connectivity index (χ2v) is 29.0. The van der Waals surface area contributed by atoms with Crippen LogP contribution in [0.25, 0.3) is 10.9 Å². The Balaban J connectivity index is 2.07. The Hall–Kier alpha value is -10.3. The molecule has 47 N–H and O–H groups in total. The summed E-state index contributed by atoms with van der Waals surface area (Å²) in [4.78, 5) is 223. The first kappa shape index (κ1) is 103. The van der Waals surface area contributed by atoms with Gasteiger partial charge in [0.15, 0.2) is 6.04 Å². The number of H-pyrrole nitrogens is 1. The van der Waals surface area contributed by atoms with Crippen LogP contribution in [0.15, 0.2) is 30.5 Å². The van der Waals surface area contributed by atoms with Gasteiger partial charge >= 0.3 is 11.9 Å². The van der Waals surface area contributed by atoms with Crippen molar-refractivity contribution >= 4 is 106 Å². The largest absolute Gasteiger partial charge is 0.481 e. The van der Waals surface area contributed by atoms with Crippen LogP contribution in [0.3, 0.4) is 0 Å². The maximum atomic E-state index is 14.9. The van der Waals surface area contributed by atoms with Gasteiger partial charge in [-0.1, -0.05) is 18.2 Å². The lowest BCUT2D eigenvalue weighted by Gasteiger charge is -2.28. The first-order valence-electron chi connectivity index (χ1n) is 39.9. The van der Waals surface area contributed by atoms with Crippen molar-refractivity contribution in [1.82, 2.24) is 84.7 Å². The minimum atomic E-state index is -2.04. The molecule has 2 heterocycles. The van der Waals surface area contributed by atoms with Crippen molar-refractivity contribution in [3.63, 3.8) is 0 Å². The highest BCUT2D eigenvalue weighted by atomic mass is 16.4. The summed E-state index contributed by atoms with van der Waals surface area (Å²) >= 11 is 0. The van der Waals surface area contributed by atoms with E-state index in [4.69, 9.17) is 45.9 Å². The van der Waals surface area contributed by atoms with Crippen molar-refractivity contribution in [3.05, 3.63) is 36.0 Å². The SMILES string of the molecule is NC(=O)CC[C@H](NC(=O)[C@H](CC(N)=O)NC(=O)[C@H](Cc1c[nH]c2ccccc12)NC(=O)[C@H](CCCNC(N)N)NC(=O)[C@H](CO)NC(=O)[C@H](CCCNC(N)N)NC(=O)[C@H](CCCC[NH3+])NC(=O)[C@H](CCCNC(N)N)NC(=O)[C@H](CCCC[NH3+])NC(=O)[C@H](CCCC[NH3+])NC(=O)[C@H](CO)NC(=O)[C@@H]1CCC[NH2+]1)C(=O)N[C@@H](CC(=O)O)C(=O)O. The lowest BCUT2D eigenvalue weighted by molar-refractivity contribution is -0.657. The minimum Gasteiger partial charge on any atom is -0.481 e. The number of aliphatic hydroxyl groups excluding tert-OH is 2. The Bertz CT molecular complexity index is 3610. The number of rotatable bonds is 63. The minimum absolute atomic E-state index is 0.00428. The average Bonchev–Trinajstić information content (AvgIpc) is 1.30. The maximum absolute atomic E-state index is 14.9. The molecule has 0 bridgehead atoms. The van der Waals surface area contributed by atoms with Crippen LogP contribution in [-0.2, 0) is 83.1 Å². The molecule has 1 aliphatic rings. The first-order chi connectivity index (χ1) is 56.6. The molecule has 0 radical (unpaired) electrons. The third kappa shape index (κ3) is 39.9. The van der Waals surface area contributed by atoms with Gasteiger partial charge in [-0.2, -0.15) is 0 Å². The average molecular weight is 1700 g/mol. The van der Waals surface area contributed by atoms with Crippen molar-refractivity contribution < 1.29 is 120 Å². The number of aliphatic hydroxyl groups is 2. The topological polar surface area (TPSA) is 858 Å². The normalized spacial score (nSPS) is 15.7. The van der Waals surface area contributed by atoms with Crippen LogP contribution in [0.5, 0.6) is 0 Å². The highest BCUT2D eigenvalue weighted by molar-refractivity contribution is 6.01. The number of nitrogens with one attached hydrogen (secondary N) is 16. The number of carboxylic acids is 2. The Morgan fingerprint density at radius 2 is 0.748 bits per heavy atom. The molecule has 48 nitrogen and oxygen atoms in total. The second kappa shape index (κ2) is 56.2. The van der Waals surface area contributed by atoms with Crippen LogP contribution < -0.4 is 148 Å². The van der Waals surface area contributed by atoms with E-state index >= 15 is 0 Å². The fourth-order valence-corrected chi connectivity index (χ4v) is 12.7. The van der Waals surface area contributed by atoms with Crippen molar-refractivity contribution in [3.8, 4) is 0 Å². The lowest BCUT2D eigenvalue weighted by Crippen LogP contribution is -2.89. The number of aliphatic carboxylic acids is 2. The van der Waals surface area contributed by atoms with E-state index in [9.17, 15) is 97.1 Å². The molecule has 13 atom stereocenters. The van der Waals surface area contributed by atoms with Crippen molar-refractivity contribution in [2.75, 3.05) is 59.0 Å². The maximum Gasteiger partial charge on any atom is 0.326 e. The van der Waals surface area contributed by atoms with Crippen LogP contribution >= 0.6 is 0 Å². The van der Waals surface area contributed by atoms with Gasteiger partial charge < -0.3 is 158 Å². The third-order valence-corrected chi connectivity index (χ3v) is 19.1. The van der Waals surface area contributed by atoms with Gasteiger partial charge in [0.1, 0.15) is 91.4 Å². The van der Waals surface area contributed by atoms with Gasteiger partial charge in [0, 0.05) is 42.8 Å². The van der Waals surface area contributed by atoms with E-state index in [1.165, 1.54) is 6.20 Å². The zero-order chi connectivity index (χ0) is 88.7. The number of primary amides is 2. The van der Waals surface area contributed by atoms with E-state index in [1.807, 2.05) is 10.6 Å². The fraction of sp³-hybridized carbons (Fsp3) is 0.662. The number of amides is 14.